The van der Waals surface area contributed by atoms with Gasteiger partial charge in [0.25, 0.3) is 0 Å². The van der Waals surface area contributed by atoms with Gasteiger partial charge in [-0.25, -0.2) is 4.98 Å². The number of benzene rings is 1. The summed E-state index contributed by atoms with van der Waals surface area (Å²) in [6.45, 7) is 3.83. The normalized spacial score (nSPS) is 10.4. The van der Waals surface area contributed by atoms with Crippen molar-refractivity contribution in [3.05, 3.63) is 46.7 Å². The molecule has 0 aliphatic heterocycles. The highest BCUT2D eigenvalue weighted by molar-refractivity contribution is 9.10. The van der Waals surface area contributed by atoms with E-state index in [0.717, 1.165) is 23.5 Å². The second-order valence-electron chi connectivity index (χ2n) is 3.52. The monoisotopic (exact) mass is 279 g/mol. The van der Waals surface area contributed by atoms with Crippen molar-refractivity contribution in [2.24, 2.45) is 0 Å². The van der Waals surface area contributed by atoms with E-state index in [4.69, 9.17) is 0 Å². The zero-order chi connectivity index (χ0) is 11.4. The van der Waals surface area contributed by atoms with Crippen LogP contribution in [0.3, 0.4) is 0 Å². The largest absolute Gasteiger partial charge is 0.352 e. The van der Waals surface area contributed by atoms with Crippen LogP contribution in [0.15, 0.2) is 41.1 Å². The van der Waals surface area contributed by atoms with E-state index in [1.54, 1.807) is 0 Å². The average Bonchev–Trinajstić information content (AvgIpc) is 2.76. The SMILES string of the molecule is CCn1ccnc1NCc1ccc(Br)cc1. The molecule has 0 aliphatic carbocycles. The minimum absolute atomic E-state index is 0.796. The summed E-state index contributed by atoms with van der Waals surface area (Å²) in [6, 6.07) is 8.28. The van der Waals surface area contributed by atoms with Crippen LogP contribution in [0.25, 0.3) is 0 Å². The first-order valence-corrected chi connectivity index (χ1v) is 6.08. The minimum atomic E-state index is 0.796. The number of imidazole rings is 1. The highest BCUT2D eigenvalue weighted by Gasteiger charge is 1.99. The Hall–Kier alpha value is -1.29. The van der Waals surface area contributed by atoms with E-state index in [1.807, 2.05) is 24.5 Å². The average molecular weight is 280 g/mol. The van der Waals surface area contributed by atoms with Crippen LogP contribution in [0.1, 0.15) is 12.5 Å². The Morgan fingerprint density at radius 3 is 2.75 bits per heavy atom. The maximum absolute atomic E-state index is 4.26. The third-order valence-corrected chi connectivity index (χ3v) is 2.95. The van der Waals surface area contributed by atoms with Crippen LogP contribution in [0.2, 0.25) is 0 Å². The fraction of sp³-hybridized carbons (Fsp3) is 0.250. The zero-order valence-corrected chi connectivity index (χ0v) is 10.7. The first kappa shape index (κ1) is 11.2. The Labute approximate surface area is 104 Å². The number of aryl methyl sites for hydroxylation is 1. The number of nitrogens with zero attached hydrogens (tertiary/aromatic N) is 2. The third kappa shape index (κ3) is 2.64. The second-order valence-corrected chi connectivity index (χ2v) is 4.43. The highest BCUT2D eigenvalue weighted by atomic mass is 79.9. The second kappa shape index (κ2) is 5.16. The van der Waals surface area contributed by atoms with E-state index in [1.165, 1.54) is 5.56 Å². The van der Waals surface area contributed by atoms with Crippen LogP contribution in [-0.2, 0) is 13.1 Å². The van der Waals surface area contributed by atoms with Crippen LogP contribution >= 0.6 is 15.9 Å². The van der Waals surface area contributed by atoms with Crippen LogP contribution in [-0.4, -0.2) is 9.55 Å². The highest BCUT2D eigenvalue weighted by Crippen LogP contribution is 2.12. The molecule has 0 radical (unpaired) electrons. The predicted molar refractivity (Wildman–Crippen MR) is 69.4 cm³/mol. The van der Waals surface area contributed by atoms with E-state index in [9.17, 15) is 0 Å². The molecule has 3 nitrogen and oxygen atoms in total. The summed E-state index contributed by atoms with van der Waals surface area (Å²) in [7, 11) is 0. The van der Waals surface area contributed by atoms with Gasteiger partial charge >= 0.3 is 0 Å². The Kier molecular flexibility index (Phi) is 3.62. The molecule has 1 N–H and O–H groups in total. The van der Waals surface area contributed by atoms with Crippen molar-refractivity contribution >= 4 is 21.9 Å². The standard InChI is InChI=1S/C12H14BrN3/c1-2-16-8-7-14-12(16)15-9-10-3-5-11(13)6-4-10/h3-8H,2,9H2,1H3,(H,14,15). The van der Waals surface area contributed by atoms with Crippen molar-refractivity contribution in [3.63, 3.8) is 0 Å². The predicted octanol–water partition coefficient (Wildman–Crippen LogP) is 3.28. The van der Waals surface area contributed by atoms with Crippen LogP contribution < -0.4 is 5.32 Å². The van der Waals surface area contributed by atoms with Gasteiger partial charge in [-0.2, -0.15) is 0 Å². The van der Waals surface area contributed by atoms with Crippen molar-refractivity contribution < 1.29 is 0 Å². The Balaban J connectivity index is 1.99. The molecule has 0 bridgehead atoms. The number of hydrogen-bond acceptors (Lipinski definition) is 2. The summed E-state index contributed by atoms with van der Waals surface area (Å²) in [5, 5.41) is 3.32. The van der Waals surface area contributed by atoms with E-state index in [2.05, 4.69) is 49.9 Å². The fourth-order valence-electron chi connectivity index (χ4n) is 1.51. The molecule has 4 heteroatoms. The molecule has 2 rings (SSSR count). The Bertz CT molecular complexity index is 448. The van der Waals surface area contributed by atoms with E-state index in [0.29, 0.717) is 0 Å². The number of anilines is 1. The number of halogens is 1. The van der Waals surface area contributed by atoms with Crippen LogP contribution in [0, 0.1) is 0 Å². The molecular weight excluding hydrogens is 266 g/mol. The lowest BCUT2D eigenvalue weighted by Crippen LogP contribution is -2.06. The van der Waals surface area contributed by atoms with Gasteiger partial charge in [-0.1, -0.05) is 28.1 Å². The lowest BCUT2D eigenvalue weighted by atomic mass is 10.2. The molecule has 1 aromatic carbocycles. The van der Waals surface area contributed by atoms with E-state index < -0.39 is 0 Å². The topological polar surface area (TPSA) is 29.9 Å². The maximum Gasteiger partial charge on any atom is 0.203 e. The number of hydrogen-bond donors (Lipinski definition) is 1. The molecule has 0 atom stereocenters. The van der Waals surface area contributed by atoms with Crippen molar-refractivity contribution in [3.8, 4) is 0 Å². The van der Waals surface area contributed by atoms with Crippen molar-refractivity contribution in [1.82, 2.24) is 9.55 Å². The van der Waals surface area contributed by atoms with Crippen molar-refractivity contribution in [1.29, 1.82) is 0 Å². The summed E-state index contributed by atoms with van der Waals surface area (Å²) in [4.78, 5) is 4.26. The molecule has 0 spiro atoms. The summed E-state index contributed by atoms with van der Waals surface area (Å²) in [6.07, 6.45) is 3.79. The van der Waals surface area contributed by atoms with Gasteiger partial charge in [-0.3, -0.25) is 0 Å². The summed E-state index contributed by atoms with van der Waals surface area (Å²) < 4.78 is 3.19. The summed E-state index contributed by atoms with van der Waals surface area (Å²) in [5.41, 5.74) is 1.24. The van der Waals surface area contributed by atoms with E-state index in [-0.39, 0.29) is 0 Å². The molecule has 0 saturated heterocycles. The molecule has 0 unspecified atom stereocenters. The molecule has 0 amide bonds. The van der Waals surface area contributed by atoms with Gasteiger partial charge in [0, 0.05) is 30.0 Å². The summed E-state index contributed by atoms with van der Waals surface area (Å²) in [5.74, 6) is 0.922. The quantitative estimate of drug-likeness (QED) is 0.931. The molecule has 1 aromatic heterocycles. The van der Waals surface area contributed by atoms with Gasteiger partial charge in [0.05, 0.1) is 0 Å². The van der Waals surface area contributed by atoms with Gasteiger partial charge in [-0.05, 0) is 24.6 Å². The lowest BCUT2D eigenvalue weighted by molar-refractivity contribution is 0.763. The lowest BCUT2D eigenvalue weighted by Gasteiger charge is -2.07. The first-order chi connectivity index (χ1) is 7.79. The fourth-order valence-corrected chi connectivity index (χ4v) is 1.78. The summed E-state index contributed by atoms with van der Waals surface area (Å²) >= 11 is 3.42. The number of aromatic nitrogens is 2. The molecule has 0 saturated carbocycles. The Morgan fingerprint density at radius 2 is 2.06 bits per heavy atom. The van der Waals surface area contributed by atoms with Crippen molar-refractivity contribution in [2.75, 3.05) is 5.32 Å². The molecular formula is C12H14BrN3. The van der Waals surface area contributed by atoms with Crippen molar-refractivity contribution in [2.45, 2.75) is 20.0 Å². The molecule has 1 heterocycles. The number of nitrogens with one attached hydrogen (secondary N) is 1. The van der Waals surface area contributed by atoms with Gasteiger partial charge in [0.2, 0.25) is 5.95 Å². The Morgan fingerprint density at radius 1 is 1.31 bits per heavy atom. The van der Waals surface area contributed by atoms with Crippen LogP contribution in [0.4, 0.5) is 5.95 Å². The van der Waals surface area contributed by atoms with Crippen LogP contribution in [0.5, 0.6) is 0 Å². The smallest absolute Gasteiger partial charge is 0.203 e. The number of rotatable bonds is 4. The molecule has 84 valence electrons. The third-order valence-electron chi connectivity index (χ3n) is 2.42. The van der Waals surface area contributed by atoms with Gasteiger partial charge in [0.15, 0.2) is 0 Å². The molecule has 0 fully saturated rings. The first-order valence-electron chi connectivity index (χ1n) is 5.29. The van der Waals surface area contributed by atoms with Gasteiger partial charge in [-0.15, -0.1) is 0 Å². The minimum Gasteiger partial charge on any atom is -0.352 e. The van der Waals surface area contributed by atoms with Gasteiger partial charge in [0.1, 0.15) is 0 Å². The molecule has 0 aliphatic rings. The zero-order valence-electron chi connectivity index (χ0n) is 9.15. The van der Waals surface area contributed by atoms with E-state index >= 15 is 0 Å². The molecule has 16 heavy (non-hydrogen) atoms. The maximum atomic E-state index is 4.26. The molecule has 2 aromatic rings. The van der Waals surface area contributed by atoms with Gasteiger partial charge < -0.3 is 9.88 Å².